The van der Waals surface area contributed by atoms with Crippen molar-refractivity contribution in [2.24, 2.45) is 5.73 Å². The number of hydrogen-bond acceptors (Lipinski definition) is 2. The topological polar surface area (TPSA) is 46.3 Å². The second-order valence-corrected chi connectivity index (χ2v) is 4.79. The third kappa shape index (κ3) is 2.67. The lowest BCUT2D eigenvalue weighted by atomic mass is 9.96. The summed E-state index contributed by atoms with van der Waals surface area (Å²) in [4.78, 5) is 14.3. The monoisotopic (exact) mass is 232 g/mol. The molecule has 1 fully saturated rings. The van der Waals surface area contributed by atoms with Gasteiger partial charge in [0.2, 0.25) is 0 Å². The lowest BCUT2D eigenvalue weighted by Gasteiger charge is -2.38. The molecule has 2 atom stereocenters. The average molecular weight is 232 g/mol. The van der Waals surface area contributed by atoms with Crippen LogP contribution >= 0.6 is 0 Å². The highest BCUT2D eigenvalue weighted by atomic mass is 16.2. The molecule has 2 N–H and O–H groups in total. The average Bonchev–Trinajstić information content (AvgIpc) is 2.39. The largest absolute Gasteiger partial charge is 0.334 e. The fraction of sp³-hybridized carbons (Fsp3) is 0.500. The van der Waals surface area contributed by atoms with Crippen LogP contribution in [-0.4, -0.2) is 29.4 Å². The van der Waals surface area contributed by atoms with Crippen LogP contribution in [0.3, 0.4) is 0 Å². The van der Waals surface area contributed by atoms with Crippen LogP contribution in [-0.2, 0) is 0 Å². The minimum Gasteiger partial charge on any atom is -0.334 e. The number of carbonyl (C=O) groups excluding carboxylic acids is 1. The van der Waals surface area contributed by atoms with Gasteiger partial charge in [-0.3, -0.25) is 4.79 Å². The van der Waals surface area contributed by atoms with Gasteiger partial charge in [-0.15, -0.1) is 0 Å². The molecule has 17 heavy (non-hydrogen) atoms. The molecule has 0 radical (unpaired) electrons. The van der Waals surface area contributed by atoms with Crippen molar-refractivity contribution in [1.29, 1.82) is 0 Å². The van der Waals surface area contributed by atoms with Crippen LogP contribution in [0, 0.1) is 0 Å². The molecule has 1 heterocycles. The first-order chi connectivity index (χ1) is 8.20. The first-order valence-corrected chi connectivity index (χ1v) is 6.32. The Bertz CT molecular complexity index is 375. The van der Waals surface area contributed by atoms with Gasteiger partial charge >= 0.3 is 0 Å². The standard InChI is InChI=1S/C14H20N2O/c1-11(15)13-9-5-6-10-16(13)14(17)12-7-3-2-4-8-12/h2-4,7-8,11,13H,5-6,9-10,15H2,1H3. The number of hydrogen-bond donors (Lipinski definition) is 1. The Balaban J connectivity index is 2.17. The van der Waals surface area contributed by atoms with Gasteiger partial charge in [0.1, 0.15) is 0 Å². The van der Waals surface area contributed by atoms with Gasteiger partial charge in [0.25, 0.3) is 5.91 Å². The van der Waals surface area contributed by atoms with Crippen LogP contribution in [0.15, 0.2) is 30.3 Å². The summed E-state index contributed by atoms with van der Waals surface area (Å²) in [5.74, 6) is 0.118. The summed E-state index contributed by atoms with van der Waals surface area (Å²) in [6, 6.07) is 9.70. The molecule has 1 saturated heterocycles. The van der Waals surface area contributed by atoms with Gasteiger partial charge in [0.05, 0.1) is 0 Å². The maximum atomic E-state index is 12.4. The van der Waals surface area contributed by atoms with Gasteiger partial charge in [-0.1, -0.05) is 18.2 Å². The third-order valence-corrected chi connectivity index (χ3v) is 3.44. The smallest absolute Gasteiger partial charge is 0.254 e. The first kappa shape index (κ1) is 12.1. The van der Waals surface area contributed by atoms with E-state index >= 15 is 0 Å². The van der Waals surface area contributed by atoms with E-state index in [0.29, 0.717) is 0 Å². The number of likely N-dealkylation sites (tertiary alicyclic amines) is 1. The zero-order chi connectivity index (χ0) is 12.3. The maximum absolute atomic E-state index is 12.4. The molecule has 0 spiro atoms. The van der Waals surface area contributed by atoms with Crippen LogP contribution < -0.4 is 5.73 Å². The van der Waals surface area contributed by atoms with Crippen molar-refractivity contribution in [2.45, 2.75) is 38.3 Å². The first-order valence-electron chi connectivity index (χ1n) is 6.32. The zero-order valence-electron chi connectivity index (χ0n) is 10.3. The molecule has 0 aliphatic carbocycles. The van der Waals surface area contributed by atoms with E-state index in [4.69, 9.17) is 5.73 Å². The van der Waals surface area contributed by atoms with Crippen LogP contribution in [0.25, 0.3) is 0 Å². The minimum absolute atomic E-state index is 0.0444. The molecule has 3 nitrogen and oxygen atoms in total. The molecule has 0 aromatic heterocycles. The highest BCUT2D eigenvalue weighted by Crippen LogP contribution is 2.21. The summed E-state index contributed by atoms with van der Waals surface area (Å²) in [5.41, 5.74) is 6.74. The number of rotatable bonds is 2. The quantitative estimate of drug-likeness (QED) is 0.848. The predicted molar refractivity (Wildman–Crippen MR) is 68.8 cm³/mol. The Hall–Kier alpha value is -1.35. The zero-order valence-corrected chi connectivity index (χ0v) is 10.3. The molecule has 3 heteroatoms. The molecular formula is C14H20N2O. The van der Waals surface area contributed by atoms with E-state index < -0.39 is 0 Å². The van der Waals surface area contributed by atoms with Crippen molar-refractivity contribution < 1.29 is 4.79 Å². The van der Waals surface area contributed by atoms with Gasteiger partial charge in [0, 0.05) is 24.2 Å². The summed E-state index contributed by atoms with van der Waals surface area (Å²) >= 11 is 0. The molecule has 92 valence electrons. The summed E-state index contributed by atoms with van der Waals surface area (Å²) in [6.07, 6.45) is 3.28. The Morgan fingerprint density at radius 1 is 1.35 bits per heavy atom. The van der Waals surface area contributed by atoms with Crippen molar-refractivity contribution in [3.05, 3.63) is 35.9 Å². The van der Waals surface area contributed by atoms with Crippen LogP contribution in [0.2, 0.25) is 0 Å². The number of carbonyl (C=O) groups is 1. The van der Waals surface area contributed by atoms with Gasteiger partial charge < -0.3 is 10.6 Å². The number of nitrogens with zero attached hydrogens (tertiary/aromatic N) is 1. The van der Waals surface area contributed by atoms with Crippen molar-refractivity contribution in [3.8, 4) is 0 Å². The molecule has 2 unspecified atom stereocenters. The number of piperidine rings is 1. The fourth-order valence-corrected chi connectivity index (χ4v) is 2.50. The van der Waals surface area contributed by atoms with Crippen LogP contribution in [0.5, 0.6) is 0 Å². The van der Waals surface area contributed by atoms with E-state index in [-0.39, 0.29) is 18.0 Å². The van der Waals surface area contributed by atoms with E-state index in [1.54, 1.807) is 0 Å². The van der Waals surface area contributed by atoms with Crippen molar-refractivity contribution in [3.63, 3.8) is 0 Å². The van der Waals surface area contributed by atoms with Crippen molar-refractivity contribution >= 4 is 5.91 Å². The molecule has 1 aliphatic heterocycles. The highest BCUT2D eigenvalue weighted by Gasteiger charge is 2.29. The van der Waals surface area contributed by atoms with E-state index in [1.807, 2.05) is 42.2 Å². The molecule has 2 rings (SSSR count). The molecule has 1 aromatic rings. The van der Waals surface area contributed by atoms with E-state index in [0.717, 1.165) is 24.9 Å². The van der Waals surface area contributed by atoms with Crippen LogP contribution in [0.1, 0.15) is 36.5 Å². The predicted octanol–water partition coefficient (Wildman–Crippen LogP) is 2.03. The van der Waals surface area contributed by atoms with Crippen molar-refractivity contribution in [1.82, 2.24) is 4.90 Å². The van der Waals surface area contributed by atoms with Gasteiger partial charge in [0.15, 0.2) is 0 Å². The summed E-state index contributed by atoms with van der Waals surface area (Å²) < 4.78 is 0. The number of benzene rings is 1. The lowest BCUT2D eigenvalue weighted by Crippen LogP contribution is -2.51. The Morgan fingerprint density at radius 3 is 2.71 bits per heavy atom. The molecule has 1 amide bonds. The number of amides is 1. The Labute approximate surface area is 103 Å². The summed E-state index contributed by atoms with van der Waals surface area (Å²) in [6.45, 7) is 2.82. The Kier molecular flexibility index (Phi) is 3.79. The lowest BCUT2D eigenvalue weighted by molar-refractivity contribution is 0.0584. The molecule has 0 saturated carbocycles. The molecule has 0 bridgehead atoms. The van der Waals surface area contributed by atoms with E-state index in [2.05, 4.69) is 0 Å². The fourth-order valence-electron chi connectivity index (χ4n) is 2.50. The Morgan fingerprint density at radius 2 is 2.06 bits per heavy atom. The second-order valence-electron chi connectivity index (χ2n) is 4.79. The van der Waals surface area contributed by atoms with Crippen molar-refractivity contribution in [2.75, 3.05) is 6.54 Å². The maximum Gasteiger partial charge on any atom is 0.254 e. The molecule has 1 aliphatic rings. The van der Waals surface area contributed by atoms with Gasteiger partial charge in [-0.2, -0.15) is 0 Å². The van der Waals surface area contributed by atoms with Gasteiger partial charge in [-0.05, 0) is 38.3 Å². The van der Waals surface area contributed by atoms with E-state index in [9.17, 15) is 4.79 Å². The second kappa shape index (κ2) is 5.32. The third-order valence-electron chi connectivity index (χ3n) is 3.44. The SMILES string of the molecule is CC(N)C1CCCCN1C(=O)c1ccccc1. The van der Waals surface area contributed by atoms with Gasteiger partial charge in [-0.25, -0.2) is 0 Å². The molecule has 1 aromatic carbocycles. The summed E-state index contributed by atoms with van der Waals surface area (Å²) in [7, 11) is 0. The molecular weight excluding hydrogens is 212 g/mol. The normalized spacial score (nSPS) is 22.2. The summed E-state index contributed by atoms with van der Waals surface area (Å²) in [5, 5.41) is 0. The van der Waals surface area contributed by atoms with E-state index in [1.165, 1.54) is 6.42 Å². The number of nitrogens with two attached hydrogens (primary N) is 1. The van der Waals surface area contributed by atoms with Crippen LogP contribution in [0.4, 0.5) is 0 Å². The minimum atomic E-state index is 0.0444. The highest BCUT2D eigenvalue weighted by molar-refractivity contribution is 5.94.